The van der Waals surface area contributed by atoms with Crippen molar-refractivity contribution in [3.8, 4) is 5.75 Å². The van der Waals surface area contributed by atoms with Gasteiger partial charge in [0, 0.05) is 12.4 Å². The molecule has 0 spiro atoms. The predicted molar refractivity (Wildman–Crippen MR) is 115 cm³/mol. The standard InChI is InChI=1S/C22H28F2N2O3S/c1-12(2)16-7-14(29-21(23)24)8-17(13(3)4)18(16)9-19(27)25-10-15-11-26-20(30-15)22(5,6)28/h7-8,10-13,21,28H,9H2,1-6H3. The van der Waals surface area contributed by atoms with Crippen LogP contribution < -0.4 is 4.74 Å². The van der Waals surface area contributed by atoms with Crippen molar-refractivity contribution in [1.82, 2.24) is 4.98 Å². The molecule has 164 valence electrons. The minimum absolute atomic E-state index is 0.0198. The number of hydrogen-bond donors (Lipinski definition) is 1. The van der Waals surface area contributed by atoms with Crippen LogP contribution in [0.5, 0.6) is 5.75 Å². The Bertz CT molecular complexity index is 886. The summed E-state index contributed by atoms with van der Waals surface area (Å²) in [4.78, 5) is 21.4. The van der Waals surface area contributed by atoms with Gasteiger partial charge in [-0.2, -0.15) is 8.78 Å². The molecule has 0 atom stereocenters. The van der Waals surface area contributed by atoms with Crippen LogP contribution in [0.2, 0.25) is 0 Å². The fourth-order valence-corrected chi connectivity index (χ4v) is 3.85. The molecule has 1 heterocycles. The van der Waals surface area contributed by atoms with E-state index in [0.717, 1.165) is 16.7 Å². The van der Waals surface area contributed by atoms with Gasteiger partial charge in [0.05, 0.1) is 11.3 Å². The first kappa shape index (κ1) is 24.1. The molecule has 30 heavy (non-hydrogen) atoms. The quantitative estimate of drug-likeness (QED) is 0.560. The van der Waals surface area contributed by atoms with E-state index in [2.05, 4.69) is 14.7 Å². The first-order chi connectivity index (χ1) is 13.9. The highest BCUT2D eigenvalue weighted by atomic mass is 32.1. The van der Waals surface area contributed by atoms with Gasteiger partial charge in [0.15, 0.2) is 0 Å². The Morgan fingerprint density at radius 2 is 1.80 bits per heavy atom. The van der Waals surface area contributed by atoms with Crippen molar-refractivity contribution in [3.05, 3.63) is 44.9 Å². The molecule has 1 N–H and O–H groups in total. The van der Waals surface area contributed by atoms with Crippen LogP contribution in [0, 0.1) is 0 Å². The SMILES string of the molecule is CC(C)c1cc(OC(F)F)cc(C(C)C)c1CC(=O)N=Cc1cnc(C(C)(C)O)s1. The first-order valence-electron chi connectivity index (χ1n) is 9.75. The van der Waals surface area contributed by atoms with Crippen LogP contribution in [-0.4, -0.2) is 28.8 Å². The summed E-state index contributed by atoms with van der Waals surface area (Å²) < 4.78 is 30.1. The molecule has 0 bridgehead atoms. The van der Waals surface area contributed by atoms with E-state index in [9.17, 15) is 18.7 Å². The zero-order valence-electron chi connectivity index (χ0n) is 18.1. The Hall–Kier alpha value is -2.19. The lowest BCUT2D eigenvalue weighted by Gasteiger charge is -2.21. The van der Waals surface area contributed by atoms with Crippen molar-refractivity contribution in [2.24, 2.45) is 4.99 Å². The van der Waals surface area contributed by atoms with Gasteiger partial charge in [0.1, 0.15) is 16.4 Å². The summed E-state index contributed by atoms with van der Waals surface area (Å²) in [5.74, 6) is -0.210. The molecule has 5 nitrogen and oxygen atoms in total. The van der Waals surface area contributed by atoms with Crippen molar-refractivity contribution in [2.75, 3.05) is 0 Å². The van der Waals surface area contributed by atoms with Crippen molar-refractivity contribution < 1.29 is 23.4 Å². The number of alkyl halides is 2. The molecule has 0 fully saturated rings. The number of carbonyl (C=O) groups is 1. The van der Waals surface area contributed by atoms with Gasteiger partial charge in [-0.15, -0.1) is 11.3 Å². The predicted octanol–water partition coefficient (Wildman–Crippen LogP) is 5.41. The molecule has 0 radical (unpaired) electrons. The molecule has 0 aliphatic rings. The molecular formula is C22H28F2N2O3S. The van der Waals surface area contributed by atoms with Crippen molar-refractivity contribution >= 4 is 23.5 Å². The average molecular weight is 439 g/mol. The zero-order valence-corrected chi connectivity index (χ0v) is 18.9. The van der Waals surface area contributed by atoms with Crippen molar-refractivity contribution in [2.45, 2.75) is 72.0 Å². The van der Waals surface area contributed by atoms with E-state index in [1.54, 1.807) is 32.2 Å². The molecule has 1 amide bonds. The van der Waals surface area contributed by atoms with E-state index in [4.69, 9.17) is 0 Å². The van der Waals surface area contributed by atoms with E-state index in [-0.39, 0.29) is 29.9 Å². The number of rotatable bonds is 8. The number of amides is 1. The van der Waals surface area contributed by atoms with E-state index in [1.165, 1.54) is 17.6 Å². The van der Waals surface area contributed by atoms with Gasteiger partial charge in [-0.05, 0) is 54.5 Å². The second-order valence-electron chi connectivity index (χ2n) is 8.22. The Kier molecular flexibility index (Phi) is 7.82. The normalized spacial score (nSPS) is 12.5. The molecule has 0 saturated heterocycles. The second kappa shape index (κ2) is 9.75. The zero-order chi connectivity index (χ0) is 22.6. The number of thiazole rings is 1. The van der Waals surface area contributed by atoms with E-state index in [1.807, 2.05) is 27.7 Å². The summed E-state index contributed by atoms with van der Waals surface area (Å²) in [6, 6.07) is 3.15. The van der Waals surface area contributed by atoms with Gasteiger partial charge in [0.25, 0.3) is 0 Å². The largest absolute Gasteiger partial charge is 0.435 e. The number of aromatic nitrogens is 1. The number of aliphatic hydroxyl groups is 1. The second-order valence-corrected chi connectivity index (χ2v) is 9.29. The summed E-state index contributed by atoms with van der Waals surface area (Å²) in [6.07, 6.45) is 3.06. The highest BCUT2D eigenvalue weighted by Gasteiger charge is 2.21. The van der Waals surface area contributed by atoms with Gasteiger partial charge in [-0.25, -0.2) is 9.98 Å². The Labute approximate surface area is 179 Å². The highest BCUT2D eigenvalue weighted by Crippen LogP contribution is 2.33. The van der Waals surface area contributed by atoms with Crippen molar-refractivity contribution in [1.29, 1.82) is 0 Å². The van der Waals surface area contributed by atoms with Crippen molar-refractivity contribution in [3.63, 3.8) is 0 Å². The van der Waals surface area contributed by atoms with Gasteiger partial charge >= 0.3 is 6.61 Å². The number of benzene rings is 1. The molecule has 0 unspecified atom stereocenters. The fraction of sp³-hybridized carbons (Fsp3) is 0.500. The number of aliphatic imine (C=N–C) groups is 1. The smallest absolute Gasteiger partial charge is 0.387 e. The molecule has 2 rings (SSSR count). The molecule has 1 aromatic carbocycles. The van der Waals surface area contributed by atoms with Crippen LogP contribution in [0.4, 0.5) is 8.78 Å². The maximum atomic E-state index is 12.7. The van der Waals surface area contributed by atoms with Crippen LogP contribution >= 0.6 is 11.3 Å². The van der Waals surface area contributed by atoms with Gasteiger partial charge in [-0.3, -0.25) is 4.79 Å². The number of carbonyl (C=O) groups excluding carboxylic acids is 1. The average Bonchev–Trinajstić information content (AvgIpc) is 3.09. The molecule has 0 saturated carbocycles. The van der Waals surface area contributed by atoms with Crippen LogP contribution in [0.25, 0.3) is 0 Å². The maximum absolute atomic E-state index is 12.7. The Balaban J connectivity index is 2.31. The fourth-order valence-electron chi connectivity index (χ4n) is 3.06. The molecule has 8 heteroatoms. The lowest BCUT2D eigenvalue weighted by atomic mass is 9.86. The highest BCUT2D eigenvalue weighted by molar-refractivity contribution is 7.13. The summed E-state index contributed by atoms with van der Waals surface area (Å²) in [5.41, 5.74) is 1.33. The monoisotopic (exact) mass is 438 g/mol. The summed E-state index contributed by atoms with van der Waals surface area (Å²) in [6.45, 7) is 8.14. The third kappa shape index (κ3) is 6.40. The van der Waals surface area contributed by atoms with Crippen LogP contribution in [0.1, 0.15) is 80.0 Å². The van der Waals surface area contributed by atoms with E-state index < -0.39 is 12.2 Å². The topological polar surface area (TPSA) is 71.8 Å². The minimum atomic E-state index is -2.91. The van der Waals surface area contributed by atoms with E-state index >= 15 is 0 Å². The van der Waals surface area contributed by atoms with Gasteiger partial charge in [-0.1, -0.05) is 27.7 Å². The van der Waals surface area contributed by atoms with Gasteiger partial charge in [0.2, 0.25) is 5.91 Å². The molecular weight excluding hydrogens is 410 g/mol. The summed E-state index contributed by atoms with van der Waals surface area (Å²) in [5, 5.41) is 10.5. The number of halogens is 2. The summed E-state index contributed by atoms with van der Waals surface area (Å²) >= 11 is 1.26. The number of ether oxygens (including phenoxy) is 1. The maximum Gasteiger partial charge on any atom is 0.387 e. The molecule has 0 aliphatic carbocycles. The van der Waals surface area contributed by atoms with Crippen LogP contribution in [-0.2, 0) is 16.8 Å². The molecule has 0 aliphatic heterocycles. The lowest BCUT2D eigenvalue weighted by molar-refractivity contribution is -0.117. The third-order valence-electron chi connectivity index (χ3n) is 4.47. The first-order valence-corrected chi connectivity index (χ1v) is 10.6. The Morgan fingerprint density at radius 3 is 2.23 bits per heavy atom. The minimum Gasteiger partial charge on any atom is -0.435 e. The third-order valence-corrected chi connectivity index (χ3v) is 5.72. The van der Waals surface area contributed by atoms with Gasteiger partial charge < -0.3 is 9.84 Å². The molecule has 2 aromatic rings. The number of nitrogens with zero attached hydrogens (tertiary/aromatic N) is 2. The lowest BCUT2D eigenvalue weighted by Crippen LogP contribution is -2.14. The van der Waals surface area contributed by atoms with E-state index in [0.29, 0.717) is 9.88 Å². The molecule has 1 aromatic heterocycles. The number of hydrogen-bond acceptors (Lipinski definition) is 5. The summed E-state index contributed by atoms with van der Waals surface area (Å²) in [7, 11) is 0. The van der Waals surface area contributed by atoms with Crippen LogP contribution in [0.3, 0.4) is 0 Å². The Morgan fingerprint density at radius 1 is 1.23 bits per heavy atom. The van der Waals surface area contributed by atoms with Crippen LogP contribution in [0.15, 0.2) is 23.3 Å².